The lowest BCUT2D eigenvalue weighted by Gasteiger charge is -2.16. The van der Waals surface area contributed by atoms with Crippen LogP contribution in [0.2, 0.25) is 0 Å². The molecular weight excluding hydrogens is 326 g/mol. The van der Waals surface area contributed by atoms with E-state index >= 15 is 0 Å². The summed E-state index contributed by atoms with van der Waals surface area (Å²) in [6, 6.07) is 3.15. The number of amides is 1. The van der Waals surface area contributed by atoms with Gasteiger partial charge in [-0.05, 0) is 42.0 Å². The Morgan fingerprint density at radius 2 is 2.04 bits per heavy atom. The molecule has 1 aliphatic heterocycles. The molecule has 5 nitrogen and oxygen atoms in total. The van der Waals surface area contributed by atoms with E-state index in [-0.39, 0.29) is 41.9 Å². The SMILES string of the molecule is C[C@@H]1CN(C(=O)CCc2cc(F)ccc2F)C[C@H]1CS(N)(=O)=O. The van der Waals surface area contributed by atoms with Crippen molar-refractivity contribution in [1.29, 1.82) is 0 Å². The van der Waals surface area contributed by atoms with Crippen LogP contribution in [-0.2, 0) is 21.2 Å². The molecule has 1 aliphatic rings. The maximum atomic E-state index is 13.5. The molecule has 0 saturated carbocycles. The second kappa shape index (κ2) is 6.92. The zero-order valence-corrected chi connectivity index (χ0v) is 13.7. The van der Waals surface area contributed by atoms with Crippen LogP contribution in [0, 0.1) is 23.5 Å². The third-order valence-corrected chi connectivity index (χ3v) is 5.08. The molecule has 2 N–H and O–H groups in total. The van der Waals surface area contributed by atoms with Gasteiger partial charge >= 0.3 is 0 Å². The number of benzene rings is 1. The van der Waals surface area contributed by atoms with E-state index in [0.717, 1.165) is 18.2 Å². The van der Waals surface area contributed by atoms with E-state index in [1.54, 1.807) is 4.90 Å². The molecule has 8 heteroatoms. The van der Waals surface area contributed by atoms with Gasteiger partial charge in [0.15, 0.2) is 0 Å². The minimum absolute atomic E-state index is 0.0307. The molecule has 0 aromatic heterocycles. The smallest absolute Gasteiger partial charge is 0.222 e. The van der Waals surface area contributed by atoms with Crippen molar-refractivity contribution in [2.75, 3.05) is 18.8 Å². The average molecular weight is 346 g/mol. The highest BCUT2D eigenvalue weighted by Gasteiger charge is 2.34. The van der Waals surface area contributed by atoms with Crippen LogP contribution in [0.5, 0.6) is 0 Å². The van der Waals surface area contributed by atoms with Crippen LogP contribution in [0.1, 0.15) is 18.9 Å². The second-order valence-corrected chi connectivity index (χ2v) is 7.76. The number of halogens is 2. The third kappa shape index (κ3) is 4.97. The number of carbonyl (C=O) groups excluding carboxylic acids is 1. The summed E-state index contributed by atoms with van der Waals surface area (Å²) in [5, 5.41) is 5.06. The highest BCUT2D eigenvalue weighted by Crippen LogP contribution is 2.25. The van der Waals surface area contributed by atoms with Crippen LogP contribution in [0.4, 0.5) is 8.78 Å². The Morgan fingerprint density at radius 1 is 1.35 bits per heavy atom. The van der Waals surface area contributed by atoms with E-state index < -0.39 is 21.7 Å². The van der Waals surface area contributed by atoms with Crippen LogP contribution in [0.3, 0.4) is 0 Å². The van der Waals surface area contributed by atoms with E-state index in [1.807, 2.05) is 6.92 Å². The lowest BCUT2D eigenvalue weighted by Crippen LogP contribution is -2.31. The normalized spacial score (nSPS) is 21.7. The molecule has 2 atom stereocenters. The first-order chi connectivity index (χ1) is 10.7. The molecule has 23 heavy (non-hydrogen) atoms. The summed E-state index contributed by atoms with van der Waals surface area (Å²) in [5.41, 5.74) is 0.159. The quantitative estimate of drug-likeness (QED) is 0.872. The Bertz CT molecular complexity index is 694. The predicted octanol–water partition coefficient (Wildman–Crippen LogP) is 1.28. The number of nitrogens with two attached hydrogens (primary N) is 1. The monoisotopic (exact) mass is 346 g/mol. The number of sulfonamides is 1. The fourth-order valence-corrected chi connectivity index (χ4v) is 3.92. The molecule has 0 unspecified atom stereocenters. The van der Waals surface area contributed by atoms with Gasteiger partial charge in [0.2, 0.25) is 15.9 Å². The van der Waals surface area contributed by atoms with Crippen LogP contribution < -0.4 is 5.14 Å². The molecule has 2 rings (SSSR count). The lowest BCUT2D eigenvalue weighted by atomic mass is 10.0. The average Bonchev–Trinajstić information content (AvgIpc) is 2.79. The van der Waals surface area contributed by atoms with Crippen molar-refractivity contribution < 1.29 is 22.0 Å². The Hall–Kier alpha value is -1.54. The minimum Gasteiger partial charge on any atom is -0.342 e. The van der Waals surface area contributed by atoms with Crippen molar-refractivity contribution in [3.8, 4) is 0 Å². The molecule has 0 radical (unpaired) electrons. The van der Waals surface area contributed by atoms with Crippen molar-refractivity contribution in [3.05, 3.63) is 35.4 Å². The standard InChI is InChI=1S/C15H20F2N2O3S/c1-10-7-19(8-12(10)9-23(18,21)22)15(20)5-2-11-6-13(16)3-4-14(11)17/h3-4,6,10,12H,2,5,7-9H2,1H3,(H2,18,21,22)/t10-,12+/m1/s1. The van der Waals surface area contributed by atoms with Crippen LogP contribution >= 0.6 is 0 Å². The van der Waals surface area contributed by atoms with Gasteiger partial charge < -0.3 is 4.90 Å². The zero-order chi connectivity index (χ0) is 17.2. The highest BCUT2D eigenvalue weighted by molar-refractivity contribution is 7.89. The van der Waals surface area contributed by atoms with Gasteiger partial charge in [-0.15, -0.1) is 0 Å². The number of aryl methyl sites for hydroxylation is 1. The predicted molar refractivity (Wildman–Crippen MR) is 81.9 cm³/mol. The molecule has 1 heterocycles. The van der Waals surface area contributed by atoms with Gasteiger partial charge in [0.25, 0.3) is 0 Å². The molecule has 1 aromatic rings. The summed E-state index contributed by atoms with van der Waals surface area (Å²) in [6.07, 6.45) is 0.155. The fourth-order valence-electron chi connectivity index (χ4n) is 2.89. The fraction of sp³-hybridized carbons (Fsp3) is 0.533. The molecule has 1 fully saturated rings. The molecule has 128 valence electrons. The Labute approximate surface area is 134 Å². The van der Waals surface area contributed by atoms with Crippen molar-refractivity contribution in [3.63, 3.8) is 0 Å². The number of nitrogens with zero attached hydrogens (tertiary/aromatic N) is 1. The lowest BCUT2D eigenvalue weighted by molar-refractivity contribution is -0.130. The molecule has 1 amide bonds. The van der Waals surface area contributed by atoms with E-state index in [2.05, 4.69) is 0 Å². The largest absolute Gasteiger partial charge is 0.342 e. The molecule has 1 aromatic carbocycles. The first-order valence-corrected chi connectivity index (χ1v) is 9.09. The summed E-state index contributed by atoms with van der Waals surface area (Å²) in [6.45, 7) is 2.64. The maximum absolute atomic E-state index is 13.5. The molecular formula is C15H20F2N2O3S. The number of likely N-dealkylation sites (tertiary alicyclic amines) is 1. The Morgan fingerprint density at radius 3 is 2.70 bits per heavy atom. The number of carbonyl (C=O) groups is 1. The van der Waals surface area contributed by atoms with Crippen molar-refractivity contribution in [2.45, 2.75) is 19.8 Å². The summed E-state index contributed by atoms with van der Waals surface area (Å²) in [4.78, 5) is 13.8. The van der Waals surface area contributed by atoms with E-state index in [0.29, 0.717) is 13.1 Å². The van der Waals surface area contributed by atoms with Crippen LogP contribution in [0.15, 0.2) is 18.2 Å². The molecule has 1 saturated heterocycles. The number of primary sulfonamides is 1. The van der Waals surface area contributed by atoms with Crippen molar-refractivity contribution >= 4 is 15.9 Å². The number of rotatable bonds is 5. The topological polar surface area (TPSA) is 80.5 Å². The number of hydrogen-bond donors (Lipinski definition) is 1. The van der Waals surface area contributed by atoms with Gasteiger partial charge in [0.1, 0.15) is 11.6 Å². The van der Waals surface area contributed by atoms with Gasteiger partial charge in [-0.1, -0.05) is 6.92 Å². The summed E-state index contributed by atoms with van der Waals surface area (Å²) in [7, 11) is -3.58. The van der Waals surface area contributed by atoms with Gasteiger partial charge in [-0.25, -0.2) is 22.3 Å². The first kappa shape index (κ1) is 17.8. The first-order valence-electron chi connectivity index (χ1n) is 7.38. The third-order valence-electron chi connectivity index (χ3n) is 4.18. The van der Waals surface area contributed by atoms with E-state index in [9.17, 15) is 22.0 Å². The maximum Gasteiger partial charge on any atom is 0.222 e. The zero-order valence-electron chi connectivity index (χ0n) is 12.8. The van der Waals surface area contributed by atoms with E-state index in [4.69, 9.17) is 5.14 Å². The van der Waals surface area contributed by atoms with E-state index in [1.165, 1.54) is 0 Å². The van der Waals surface area contributed by atoms with Crippen molar-refractivity contribution in [2.24, 2.45) is 17.0 Å². The minimum atomic E-state index is -3.58. The second-order valence-electron chi connectivity index (χ2n) is 6.10. The van der Waals surface area contributed by atoms with Crippen LogP contribution in [-0.4, -0.2) is 38.1 Å². The molecule has 0 spiro atoms. The summed E-state index contributed by atoms with van der Waals surface area (Å²) in [5.74, 6) is -1.60. The van der Waals surface area contributed by atoms with Crippen molar-refractivity contribution in [1.82, 2.24) is 4.90 Å². The van der Waals surface area contributed by atoms with Gasteiger partial charge in [0, 0.05) is 19.5 Å². The van der Waals surface area contributed by atoms with Gasteiger partial charge in [-0.2, -0.15) is 0 Å². The summed E-state index contributed by atoms with van der Waals surface area (Å²) >= 11 is 0. The summed E-state index contributed by atoms with van der Waals surface area (Å²) < 4.78 is 49.0. The van der Waals surface area contributed by atoms with Gasteiger partial charge in [-0.3, -0.25) is 4.79 Å². The molecule has 0 bridgehead atoms. The highest BCUT2D eigenvalue weighted by atomic mass is 32.2. The van der Waals surface area contributed by atoms with Gasteiger partial charge in [0.05, 0.1) is 5.75 Å². The molecule has 0 aliphatic carbocycles. The Kier molecular flexibility index (Phi) is 5.36. The van der Waals surface area contributed by atoms with Crippen LogP contribution in [0.25, 0.3) is 0 Å². The Balaban J connectivity index is 1.93. The number of hydrogen-bond acceptors (Lipinski definition) is 3.